The van der Waals surface area contributed by atoms with E-state index in [9.17, 15) is 9.59 Å². The van der Waals surface area contributed by atoms with Crippen molar-refractivity contribution in [1.29, 1.82) is 0 Å². The van der Waals surface area contributed by atoms with Crippen LogP contribution in [0.1, 0.15) is 5.56 Å². The van der Waals surface area contributed by atoms with Crippen LogP contribution in [0.2, 0.25) is 0 Å². The van der Waals surface area contributed by atoms with Gasteiger partial charge in [0.15, 0.2) is 36.2 Å². The molecule has 0 fully saturated rings. The highest BCUT2D eigenvalue weighted by molar-refractivity contribution is 5.83. The zero-order chi connectivity index (χ0) is 19.6. The Labute approximate surface area is 157 Å². The van der Waals surface area contributed by atoms with Crippen molar-refractivity contribution >= 4 is 11.8 Å². The fourth-order valence-corrected chi connectivity index (χ4v) is 2.13. The number of hydrogen-bond donors (Lipinski definition) is 2. The van der Waals surface area contributed by atoms with Crippen LogP contribution in [0.25, 0.3) is 0 Å². The van der Waals surface area contributed by atoms with E-state index in [1.54, 1.807) is 36.4 Å². The van der Waals surface area contributed by atoms with Crippen LogP contribution in [-0.2, 0) is 9.59 Å². The molecule has 144 valence electrons. The zero-order valence-corrected chi connectivity index (χ0v) is 15.4. The molecule has 0 radical (unpaired) electrons. The topological polar surface area (TPSA) is 95.1 Å². The molecule has 0 atom stereocenters. The molecule has 8 heteroatoms. The van der Waals surface area contributed by atoms with Crippen LogP contribution in [-0.4, -0.2) is 39.2 Å². The highest BCUT2D eigenvalue weighted by Crippen LogP contribution is 2.27. The lowest BCUT2D eigenvalue weighted by Gasteiger charge is -2.12. The molecule has 0 aliphatic rings. The summed E-state index contributed by atoms with van der Waals surface area (Å²) in [4.78, 5) is 23.6. The molecule has 0 aliphatic carbocycles. The van der Waals surface area contributed by atoms with Crippen LogP contribution in [0.3, 0.4) is 0 Å². The lowest BCUT2D eigenvalue weighted by atomic mass is 10.2. The van der Waals surface area contributed by atoms with Crippen LogP contribution >= 0.6 is 0 Å². The number of aryl methyl sites for hydroxylation is 1. The van der Waals surface area contributed by atoms with E-state index in [1.807, 2.05) is 13.0 Å². The van der Waals surface area contributed by atoms with E-state index in [0.717, 1.165) is 5.56 Å². The number of methoxy groups -OCH3 is 2. The molecule has 0 aliphatic heterocycles. The molecular formula is C19H22N2O6. The van der Waals surface area contributed by atoms with E-state index >= 15 is 0 Å². The van der Waals surface area contributed by atoms with Gasteiger partial charge < -0.3 is 18.9 Å². The molecule has 0 saturated carbocycles. The number of carbonyl (C=O) groups is 2. The number of rotatable bonds is 8. The summed E-state index contributed by atoms with van der Waals surface area (Å²) in [5.41, 5.74) is 5.50. The first-order valence-electron chi connectivity index (χ1n) is 8.14. The molecule has 2 N–H and O–H groups in total. The molecule has 0 spiro atoms. The van der Waals surface area contributed by atoms with Gasteiger partial charge in [0.05, 0.1) is 14.2 Å². The lowest BCUT2D eigenvalue weighted by molar-refractivity contribution is -0.131. The van der Waals surface area contributed by atoms with E-state index in [1.165, 1.54) is 14.2 Å². The van der Waals surface area contributed by atoms with Crippen molar-refractivity contribution in [3.8, 4) is 23.0 Å². The van der Waals surface area contributed by atoms with Gasteiger partial charge in [0.1, 0.15) is 0 Å². The quantitative estimate of drug-likeness (QED) is 0.682. The Balaban J connectivity index is 1.74. The van der Waals surface area contributed by atoms with Crippen molar-refractivity contribution in [3.63, 3.8) is 0 Å². The number of amides is 2. The third-order valence-electron chi connectivity index (χ3n) is 3.45. The fraction of sp³-hybridized carbons (Fsp3) is 0.263. The minimum Gasteiger partial charge on any atom is -0.493 e. The first kappa shape index (κ1) is 19.9. The molecule has 0 aromatic heterocycles. The minimum absolute atomic E-state index is 0.284. The standard InChI is InChI=1S/C19H22N2O6/c1-13-8-9-16(17(10-13)25-3)27-12-19(23)21-20-18(22)11-26-15-7-5-4-6-14(15)24-2/h4-10H,11-12H2,1-3H3,(H,20,22)(H,21,23). The van der Waals surface area contributed by atoms with E-state index in [4.69, 9.17) is 18.9 Å². The number of hydrazine groups is 1. The van der Waals surface area contributed by atoms with Crippen LogP contribution in [0.5, 0.6) is 23.0 Å². The van der Waals surface area contributed by atoms with Crippen molar-refractivity contribution in [3.05, 3.63) is 48.0 Å². The maximum Gasteiger partial charge on any atom is 0.276 e. The van der Waals surface area contributed by atoms with Gasteiger partial charge in [-0.2, -0.15) is 0 Å². The fourth-order valence-electron chi connectivity index (χ4n) is 2.13. The van der Waals surface area contributed by atoms with Gasteiger partial charge in [0.2, 0.25) is 0 Å². The highest BCUT2D eigenvalue weighted by atomic mass is 16.5. The SMILES string of the molecule is COc1ccccc1OCC(=O)NNC(=O)COc1ccc(C)cc1OC. The first-order valence-corrected chi connectivity index (χ1v) is 8.14. The van der Waals surface area contributed by atoms with Crippen molar-refractivity contribution in [2.24, 2.45) is 0 Å². The van der Waals surface area contributed by atoms with Crippen molar-refractivity contribution < 1.29 is 28.5 Å². The van der Waals surface area contributed by atoms with E-state index in [0.29, 0.717) is 23.0 Å². The summed E-state index contributed by atoms with van der Waals surface area (Å²) in [6, 6.07) is 12.3. The van der Waals surface area contributed by atoms with Gasteiger partial charge in [0.25, 0.3) is 11.8 Å². The molecule has 2 amide bonds. The van der Waals surface area contributed by atoms with Gasteiger partial charge in [0, 0.05) is 0 Å². The molecule has 2 aromatic carbocycles. The molecule has 2 rings (SSSR count). The Morgan fingerprint density at radius 1 is 0.778 bits per heavy atom. The number of carbonyl (C=O) groups excluding carboxylic acids is 2. The third kappa shape index (κ3) is 6.10. The third-order valence-corrected chi connectivity index (χ3v) is 3.45. The molecular weight excluding hydrogens is 352 g/mol. The number of benzene rings is 2. The van der Waals surface area contributed by atoms with Crippen LogP contribution in [0, 0.1) is 6.92 Å². The Hall–Kier alpha value is -3.42. The van der Waals surface area contributed by atoms with E-state index < -0.39 is 11.8 Å². The highest BCUT2D eigenvalue weighted by Gasteiger charge is 2.10. The molecule has 2 aromatic rings. The maximum absolute atomic E-state index is 11.8. The molecule has 0 heterocycles. The average Bonchev–Trinajstić information content (AvgIpc) is 2.69. The predicted molar refractivity (Wildman–Crippen MR) is 98.0 cm³/mol. The van der Waals surface area contributed by atoms with Crippen molar-refractivity contribution in [1.82, 2.24) is 10.9 Å². The van der Waals surface area contributed by atoms with Gasteiger partial charge in [-0.25, -0.2) is 0 Å². The van der Waals surface area contributed by atoms with Gasteiger partial charge in [-0.15, -0.1) is 0 Å². The van der Waals surface area contributed by atoms with Crippen LogP contribution < -0.4 is 29.8 Å². The Bertz CT molecular complexity index is 794. The summed E-state index contributed by atoms with van der Waals surface area (Å²) in [5, 5.41) is 0. The monoisotopic (exact) mass is 374 g/mol. The summed E-state index contributed by atoms with van der Waals surface area (Å²) < 4.78 is 21.1. The molecule has 8 nitrogen and oxygen atoms in total. The first-order chi connectivity index (χ1) is 13.0. The van der Waals surface area contributed by atoms with Gasteiger partial charge in [-0.05, 0) is 36.8 Å². The van der Waals surface area contributed by atoms with E-state index in [-0.39, 0.29) is 13.2 Å². The smallest absolute Gasteiger partial charge is 0.276 e. The minimum atomic E-state index is -0.526. The number of ether oxygens (including phenoxy) is 4. The molecule has 0 saturated heterocycles. The van der Waals surface area contributed by atoms with E-state index in [2.05, 4.69) is 10.9 Å². The van der Waals surface area contributed by atoms with Gasteiger partial charge in [-0.1, -0.05) is 18.2 Å². The largest absolute Gasteiger partial charge is 0.493 e. The van der Waals surface area contributed by atoms with Gasteiger partial charge >= 0.3 is 0 Å². The zero-order valence-electron chi connectivity index (χ0n) is 15.4. The number of hydrogen-bond acceptors (Lipinski definition) is 6. The average molecular weight is 374 g/mol. The van der Waals surface area contributed by atoms with Crippen LogP contribution in [0.4, 0.5) is 0 Å². The second-order valence-electron chi connectivity index (χ2n) is 5.48. The van der Waals surface area contributed by atoms with Crippen LogP contribution in [0.15, 0.2) is 42.5 Å². The molecule has 0 unspecified atom stereocenters. The van der Waals surface area contributed by atoms with Gasteiger partial charge in [-0.3, -0.25) is 20.4 Å². The summed E-state index contributed by atoms with van der Waals surface area (Å²) in [6.07, 6.45) is 0. The Morgan fingerprint density at radius 2 is 1.30 bits per heavy atom. The Kier molecular flexibility index (Phi) is 7.30. The Morgan fingerprint density at radius 3 is 1.85 bits per heavy atom. The summed E-state index contributed by atoms with van der Waals surface area (Å²) in [7, 11) is 3.02. The lowest BCUT2D eigenvalue weighted by Crippen LogP contribution is -2.45. The number of nitrogens with one attached hydrogen (secondary N) is 2. The summed E-state index contributed by atoms with van der Waals surface area (Å²) >= 11 is 0. The van der Waals surface area contributed by atoms with Crippen molar-refractivity contribution in [2.45, 2.75) is 6.92 Å². The normalized spacial score (nSPS) is 9.89. The van der Waals surface area contributed by atoms with Crippen molar-refractivity contribution in [2.75, 3.05) is 27.4 Å². The summed E-state index contributed by atoms with van der Waals surface area (Å²) in [6.45, 7) is 1.35. The second kappa shape index (κ2) is 9.91. The second-order valence-corrected chi connectivity index (χ2v) is 5.48. The molecule has 0 bridgehead atoms. The molecule has 27 heavy (non-hydrogen) atoms. The summed E-state index contributed by atoms with van der Waals surface area (Å²) in [5.74, 6) is 0.845. The predicted octanol–water partition coefficient (Wildman–Crippen LogP) is 1.62. The maximum atomic E-state index is 11.8. The number of para-hydroxylation sites is 2.